The molecule has 0 spiro atoms. The Labute approximate surface area is 122 Å². The van der Waals surface area contributed by atoms with Gasteiger partial charge in [-0.15, -0.1) is 0 Å². The molecule has 2 N–H and O–H groups in total. The minimum absolute atomic E-state index is 0.00856. The van der Waals surface area contributed by atoms with Gasteiger partial charge in [0.1, 0.15) is 5.75 Å². The van der Waals surface area contributed by atoms with Gasteiger partial charge in [-0.1, -0.05) is 18.2 Å². The van der Waals surface area contributed by atoms with Gasteiger partial charge in [-0.05, 0) is 41.5 Å². The molecule has 0 bridgehead atoms. The molecule has 106 valence electrons. The number of para-hydroxylation sites is 1. The first-order chi connectivity index (χ1) is 10.2. The number of nitrogens with one attached hydrogen (secondary N) is 1. The normalized spacial score (nSPS) is 10.7. The van der Waals surface area contributed by atoms with Gasteiger partial charge in [-0.25, -0.2) is 0 Å². The van der Waals surface area contributed by atoms with Crippen molar-refractivity contribution in [3.63, 3.8) is 0 Å². The number of aromatic nitrogens is 1. The molecule has 4 heteroatoms. The molecule has 2 aromatic carbocycles. The summed E-state index contributed by atoms with van der Waals surface area (Å²) >= 11 is 0. The molecule has 21 heavy (non-hydrogen) atoms. The number of carbonyl (C=O) groups is 1. The van der Waals surface area contributed by atoms with Crippen LogP contribution >= 0.6 is 0 Å². The van der Waals surface area contributed by atoms with Gasteiger partial charge < -0.3 is 14.8 Å². The van der Waals surface area contributed by atoms with Crippen molar-refractivity contribution in [2.75, 3.05) is 7.11 Å². The van der Waals surface area contributed by atoms with Crippen molar-refractivity contribution in [2.24, 2.45) is 0 Å². The first-order valence-corrected chi connectivity index (χ1v) is 6.65. The molecule has 3 aromatic rings. The maximum atomic E-state index is 11.2. The smallest absolute Gasteiger partial charge is 0.307 e. The Hall–Kier alpha value is -2.75. The fourth-order valence-corrected chi connectivity index (χ4v) is 2.54. The second-order valence-electron chi connectivity index (χ2n) is 4.82. The summed E-state index contributed by atoms with van der Waals surface area (Å²) in [6, 6.07) is 15.3. The number of H-pyrrole nitrogens is 1. The van der Waals surface area contributed by atoms with Crippen molar-refractivity contribution in [3.8, 4) is 17.0 Å². The van der Waals surface area contributed by atoms with Gasteiger partial charge >= 0.3 is 5.97 Å². The molecule has 0 saturated carbocycles. The van der Waals surface area contributed by atoms with Gasteiger partial charge in [0.05, 0.1) is 19.2 Å². The highest BCUT2D eigenvalue weighted by molar-refractivity contribution is 5.93. The van der Waals surface area contributed by atoms with Gasteiger partial charge in [0.2, 0.25) is 0 Å². The lowest BCUT2D eigenvalue weighted by Gasteiger charge is -2.04. The van der Waals surface area contributed by atoms with Gasteiger partial charge in [0.15, 0.2) is 0 Å². The van der Waals surface area contributed by atoms with Gasteiger partial charge in [0, 0.05) is 10.9 Å². The Morgan fingerprint density at radius 2 is 1.86 bits per heavy atom. The molecule has 0 aliphatic rings. The minimum Gasteiger partial charge on any atom is -0.497 e. The molecule has 0 unspecified atom stereocenters. The lowest BCUT2D eigenvalue weighted by molar-refractivity contribution is -0.136. The van der Waals surface area contributed by atoms with Crippen LogP contribution in [0.25, 0.3) is 22.2 Å². The van der Waals surface area contributed by atoms with E-state index < -0.39 is 5.97 Å². The molecule has 4 nitrogen and oxygen atoms in total. The number of aromatic amines is 1. The fraction of sp³-hybridized carbons (Fsp3) is 0.118. The summed E-state index contributed by atoms with van der Waals surface area (Å²) in [6.07, 6.45) is -0.00856. The van der Waals surface area contributed by atoms with E-state index in [4.69, 9.17) is 9.84 Å². The Balaban J connectivity index is 2.17. The number of rotatable bonds is 4. The van der Waals surface area contributed by atoms with Crippen LogP contribution in [0.1, 0.15) is 5.56 Å². The number of hydrogen-bond donors (Lipinski definition) is 2. The highest BCUT2D eigenvalue weighted by Crippen LogP contribution is 2.31. The van der Waals surface area contributed by atoms with E-state index in [2.05, 4.69) is 4.98 Å². The summed E-state index contributed by atoms with van der Waals surface area (Å²) in [6.45, 7) is 0. The molecule has 0 fully saturated rings. The fourth-order valence-electron chi connectivity index (χ4n) is 2.54. The monoisotopic (exact) mass is 281 g/mol. The topological polar surface area (TPSA) is 62.3 Å². The van der Waals surface area contributed by atoms with Crippen LogP contribution in [0.4, 0.5) is 0 Å². The first-order valence-electron chi connectivity index (χ1n) is 6.65. The third-order valence-corrected chi connectivity index (χ3v) is 3.52. The van der Waals surface area contributed by atoms with E-state index in [1.165, 1.54) is 0 Å². The Kier molecular flexibility index (Phi) is 3.36. The quantitative estimate of drug-likeness (QED) is 0.769. The van der Waals surface area contributed by atoms with Crippen molar-refractivity contribution < 1.29 is 14.6 Å². The molecule has 3 rings (SSSR count). The van der Waals surface area contributed by atoms with E-state index in [0.29, 0.717) is 0 Å². The van der Waals surface area contributed by atoms with Crippen LogP contribution in [0.5, 0.6) is 5.75 Å². The number of carboxylic acids is 1. The molecule has 0 atom stereocenters. The van der Waals surface area contributed by atoms with Gasteiger partial charge in [0.25, 0.3) is 0 Å². The first kappa shape index (κ1) is 13.2. The van der Waals surface area contributed by atoms with Gasteiger partial charge in [-0.2, -0.15) is 0 Å². The highest BCUT2D eigenvalue weighted by atomic mass is 16.5. The molecular formula is C17H15NO3. The zero-order valence-corrected chi connectivity index (χ0v) is 11.6. The number of fused-ring (bicyclic) bond motifs is 1. The third-order valence-electron chi connectivity index (χ3n) is 3.52. The van der Waals surface area contributed by atoms with Crippen molar-refractivity contribution in [1.29, 1.82) is 0 Å². The maximum Gasteiger partial charge on any atom is 0.307 e. The number of methoxy groups -OCH3 is 1. The third kappa shape index (κ3) is 2.48. The highest BCUT2D eigenvalue weighted by Gasteiger charge is 2.15. The van der Waals surface area contributed by atoms with Crippen LogP contribution in [0.3, 0.4) is 0 Å². The number of aliphatic carboxylic acids is 1. The average Bonchev–Trinajstić information content (AvgIpc) is 2.86. The van der Waals surface area contributed by atoms with Crippen molar-refractivity contribution in [3.05, 3.63) is 54.1 Å². The largest absolute Gasteiger partial charge is 0.497 e. The van der Waals surface area contributed by atoms with E-state index in [1.54, 1.807) is 7.11 Å². The van der Waals surface area contributed by atoms with E-state index in [0.717, 1.165) is 33.5 Å². The summed E-state index contributed by atoms with van der Waals surface area (Å²) in [5.41, 5.74) is 3.55. The molecule has 0 saturated heterocycles. The standard InChI is InChI=1S/C17H15NO3/c1-21-12-8-6-11(7-9-12)17-14(10-16(19)20)13-4-2-3-5-15(13)18-17/h2-9,18H,10H2,1H3,(H,19,20). The van der Waals surface area contributed by atoms with Crippen LogP contribution < -0.4 is 4.74 Å². The number of ether oxygens (including phenoxy) is 1. The van der Waals surface area contributed by atoms with E-state index in [1.807, 2.05) is 48.5 Å². The Morgan fingerprint density at radius 1 is 1.14 bits per heavy atom. The van der Waals surface area contributed by atoms with E-state index in [9.17, 15) is 4.79 Å². The summed E-state index contributed by atoms with van der Waals surface area (Å²) in [5, 5.41) is 10.1. The molecular weight excluding hydrogens is 266 g/mol. The predicted molar refractivity (Wildman–Crippen MR) is 81.6 cm³/mol. The van der Waals surface area contributed by atoms with Crippen molar-refractivity contribution in [1.82, 2.24) is 4.98 Å². The second kappa shape index (κ2) is 5.32. The summed E-state index contributed by atoms with van der Waals surface area (Å²) in [5.74, 6) is -0.0656. The van der Waals surface area contributed by atoms with Crippen molar-refractivity contribution in [2.45, 2.75) is 6.42 Å². The molecule has 0 amide bonds. The van der Waals surface area contributed by atoms with Crippen molar-refractivity contribution >= 4 is 16.9 Å². The summed E-state index contributed by atoms with van der Waals surface area (Å²) < 4.78 is 5.15. The molecule has 1 aromatic heterocycles. The Bertz CT molecular complexity index is 787. The second-order valence-corrected chi connectivity index (χ2v) is 4.82. The SMILES string of the molecule is COc1ccc(-c2[nH]c3ccccc3c2CC(=O)O)cc1. The molecule has 0 radical (unpaired) electrons. The van der Waals surface area contributed by atoms with Crippen LogP contribution in [-0.2, 0) is 11.2 Å². The lowest BCUT2D eigenvalue weighted by atomic mass is 10.0. The van der Waals surface area contributed by atoms with Crippen LogP contribution in [0.2, 0.25) is 0 Å². The number of carboxylic acid groups (broad SMARTS) is 1. The number of hydrogen-bond acceptors (Lipinski definition) is 2. The molecule has 0 aliphatic heterocycles. The lowest BCUT2D eigenvalue weighted by Crippen LogP contribution is -2.00. The summed E-state index contributed by atoms with van der Waals surface area (Å²) in [4.78, 5) is 14.5. The van der Waals surface area contributed by atoms with E-state index in [-0.39, 0.29) is 6.42 Å². The van der Waals surface area contributed by atoms with E-state index >= 15 is 0 Å². The Morgan fingerprint density at radius 3 is 2.52 bits per heavy atom. The van der Waals surface area contributed by atoms with Crippen LogP contribution in [0.15, 0.2) is 48.5 Å². The zero-order chi connectivity index (χ0) is 14.8. The molecule has 0 aliphatic carbocycles. The van der Waals surface area contributed by atoms with Gasteiger partial charge in [-0.3, -0.25) is 4.79 Å². The van der Waals surface area contributed by atoms with Crippen LogP contribution in [0, 0.1) is 0 Å². The molecule has 1 heterocycles. The summed E-state index contributed by atoms with van der Waals surface area (Å²) in [7, 11) is 1.62. The number of benzene rings is 2. The predicted octanol–water partition coefficient (Wildman–Crippen LogP) is 3.47. The zero-order valence-electron chi connectivity index (χ0n) is 11.6. The minimum atomic E-state index is -0.838. The van der Waals surface area contributed by atoms with Crippen LogP contribution in [-0.4, -0.2) is 23.2 Å². The average molecular weight is 281 g/mol. The maximum absolute atomic E-state index is 11.2.